The number of amides is 2. The molecule has 0 atom stereocenters. The number of carbonyl (C=O) groups excluding carboxylic acids is 2. The van der Waals surface area contributed by atoms with Crippen molar-refractivity contribution in [1.29, 1.82) is 0 Å². The first kappa shape index (κ1) is 29.8. The number of sulfonamides is 1. The van der Waals surface area contributed by atoms with E-state index in [4.69, 9.17) is 9.47 Å². The van der Waals surface area contributed by atoms with Crippen molar-refractivity contribution in [2.75, 3.05) is 29.9 Å². The molecule has 0 saturated heterocycles. The second-order valence-corrected chi connectivity index (χ2v) is 11.0. The minimum absolute atomic E-state index is 0.0725. The number of nitrogens with zero attached hydrogens (tertiary/aromatic N) is 2. The summed E-state index contributed by atoms with van der Waals surface area (Å²) in [5.74, 6) is 0.228. The van der Waals surface area contributed by atoms with Crippen molar-refractivity contribution in [2.45, 2.75) is 11.8 Å². The van der Waals surface area contributed by atoms with Crippen LogP contribution in [-0.2, 0) is 19.6 Å². The standard InChI is InChI=1S/C31H30N4O6S/c1-23-7-6-8-26(19-23)35(42(38,39)29-9-4-3-5-10-29)21-30(36)34-32-20-24-11-15-28(16-12-24)41-22-31(37)33-25-13-17-27(40-2)18-14-25/h3-20H,21-22H2,1-2H3,(H,33,37)(H,34,36)/b32-20-. The van der Waals surface area contributed by atoms with Gasteiger partial charge in [-0.05, 0) is 90.8 Å². The highest BCUT2D eigenvalue weighted by molar-refractivity contribution is 7.92. The Morgan fingerprint density at radius 1 is 0.857 bits per heavy atom. The zero-order chi connectivity index (χ0) is 30.0. The van der Waals surface area contributed by atoms with Crippen molar-refractivity contribution in [3.63, 3.8) is 0 Å². The molecule has 4 rings (SSSR count). The highest BCUT2D eigenvalue weighted by atomic mass is 32.2. The number of hydrazone groups is 1. The van der Waals surface area contributed by atoms with E-state index in [2.05, 4.69) is 15.8 Å². The van der Waals surface area contributed by atoms with Gasteiger partial charge in [0.15, 0.2) is 6.61 Å². The largest absolute Gasteiger partial charge is 0.497 e. The minimum Gasteiger partial charge on any atom is -0.497 e. The molecule has 4 aromatic rings. The SMILES string of the molecule is COc1ccc(NC(=O)COc2ccc(/C=N\NC(=O)CN(c3cccc(C)c3)S(=O)(=O)c3ccccc3)cc2)cc1. The molecule has 0 unspecified atom stereocenters. The first-order valence-corrected chi connectivity index (χ1v) is 14.3. The van der Waals surface area contributed by atoms with E-state index < -0.39 is 22.5 Å². The Balaban J connectivity index is 1.32. The Kier molecular flexibility index (Phi) is 9.90. The first-order chi connectivity index (χ1) is 20.2. The van der Waals surface area contributed by atoms with Gasteiger partial charge in [0.05, 0.1) is 23.9 Å². The monoisotopic (exact) mass is 586 g/mol. The number of methoxy groups -OCH3 is 1. The molecular formula is C31H30N4O6S. The smallest absolute Gasteiger partial charge is 0.264 e. The molecule has 42 heavy (non-hydrogen) atoms. The molecular weight excluding hydrogens is 556 g/mol. The summed E-state index contributed by atoms with van der Waals surface area (Å²) in [6, 6.07) is 28.5. The summed E-state index contributed by atoms with van der Waals surface area (Å²) < 4.78 is 38.4. The maximum Gasteiger partial charge on any atom is 0.264 e. The van der Waals surface area contributed by atoms with Crippen LogP contribution in [0.1, 0.15) is 11.1 Å². The molecule has 2 amide bonds. The Labute approximate surface area is 244 Å². The van der Waals surface area contributed by atoms with Crippen molar-refractivity contribution in [3.05, 3.63) is 114 Å². The first-order valence-electron chi connectivity index (χ1n) is 12.9. The Bertz CT molecular complexity index is 1640. The van der Waals surface area contributed by atoms with Crippen LogP contribution in [0.4, 0.5) is 11.4 Å². The predicted octanol–water partition coefficient (Wildman–Crippen LogP) is 4.37. The zero-order valence-corrected chi connectivity index (χ0v) is 23.9. The second kappa shape index (κ2) is 14.0. The minimum atomic E-state index is -4.01. The molecule has 0 aliphatic carbocycles. The third-order valence-corrected chi connectivity index (χ3v) is 7.72. The van der Waals surface area contributed by atoms with Crippen molar-refractivity contribution < 1.29 is 27.5 Å². The zero-order valence-electron chi connectivity index (χ0n) is 23.1. The molecule has 0 saturated carbocycles. The summed E-state index contributed by atoms with van der Waals surface area (Å²) >= 11 is 0. The number of hydrogen-bond acceptors (Lipinski definition) is 7. The van der Waals surface area contributed by atoms with Gasteiger partial charge in [-0.2, -0.15) is 5.10 Å². The second-order valence-electron chi connectivity index (χ2n) is 9.09. The van der Waals surface area contributed by atoms with E-state index >= 15 is 0 Å². The van der Waals surface area contributed by atoms with Gasteiger partial charge in [0.1, 0.15) is 18.0 Å². The van der Waals surface area contributed by atoms with Gasteiger partial charge in [-0.15, -0.1) is 0 Å². The fourth-order valence-corrected chi connectivity index (χ4v) is 5.27. The van der Waals surface area contributed by atoms with Crippen LogP contribution in [0.2, 0.25) is 0 Å². The van der Waals surface area contributed by atoms with Crippen molar-refractivity contribution in [3.8, 4) is 11.5 Å². The molecule has 10 nitrogen and oxygen atoms in total. The number of anilines is 2. The summed E-state index contributed by atoms with van der Waals surface area (Å²) in [5.41, 5.74) is 4.88. The van der Waals surface area contributed by atoms with Crippen molar-refractivity contribution >= 4 is 39.4 Å². The Morgan fingerprint density at radius 2 is 1.55 bits per heavy atom. The van der Waals surface area contributed by atoms with Crippen LogP contribution in [0.3, 0.4) is 0 Å². The molecule has 216 valence electrons. The van der Waals surface area contributed by atoms with Gasteiger partial charge in [-0.3, -0.25) is 13.9 Å². The summed E-state index contributed by atoms with van der Waals surface area (Å²) in [4.78, 5) is 25.0. The van der Waals surface area contributed by atoms with Gasteiger partial charge in [0, 0.05) is 5.69 Å². The quantitative estimate of drug-likeness (QED) is 0.188. The fourth-order valence-electron chi connectivity index (χ4n) is 3.83. The van der Waals surface area contributed by atoms with E-state index in [1.165, 1.54) is 18.3 Å². The number of aryl methyl sites for hydroxylation is 1. The number of hydrogen-bond donors (Lipinski definition) is 2. The van der Waals surface area contributed by atoms with Gasteiger partial charge < -0.3 is 14.8 Å². The molecule has 0 aliphatic heterocycles. The average Bonchev–Trinajstić information content (AvgIpc) is 3.00. The Morgan fingerprint density at radius 3 is 2.21 bits per heavy atom. The molecule has 11 heteroatoms. The molecule has 0 radical (unpaired) electrons. The number of nitrogens with one attached hydrogen (secondary N) is 2. The molecule has 0 aliphatic rings. The highest BCUT2D eigenvalue weighted by Crippen LogP contribution is 2.24. The lowest BCUT2D eigenvalue weighted by atomic mass is 10.2. The number of rotatable bonds is 12. The van der Waals surface area contributed by atoms with Crippen LogP contribution >= 0.6 is 0 Å². The van der Waals surface area contributed by atoms with Gasteiger partial charge in [-0.25, -0.2) is 13.8 Å². The lowest BCUT2D eigenvalue weighted by Gasteiger charge is -2.24. The third kappa shape index (κ3) is 8.18. The molecule has 0 spiro atoms. The lowest BCUT2D eigenvalue weighted by molar-refractivity contribution is -0.119. The third-order valence-electron chi connectivity index (χ3n) is 5.93. The lowest BCUT2D eigenvalue weighted by Crippen LogP contribution is -2.39. The summed E-state index contributed by atoms with van der Waals surface area (Å²) in [6.07, 6.45) is 1.42. The molecule has 0 heterocycles. The molecule has 0 aromatic heterocycles. The van der Waals surface area contributed by atoms with Crippen molar-refractivity contribution in [1.82, 2.24) is 5.43 Å². The van der Waals surface area contributed by atoms with E-state index in [0.717, 1.165) is 9.87 Å². The molecule has 4 aromatic carbocycles. The van der Waals surface area contributed by atoms with Gasteiger partial charge in [0.2, 0.25) is 0 Å². The number of carbonyl (C=O) groups is 2. The van der Waals surface area contributed by atoms with Crippen molar-refractivity contribution in [2.24, 2.45) is 5.10 Å². The maximum absolute atomic E-state index is 13.4. The summed E-state index contributed by atoms with van der Waals surface area (Å²) in [7, 11) is -2.44. The number of benzene rings is 4. The van der Waals surface area contributed by atoms with Crippen LogP contribution in [0.25, 0.3) is 0 Å². The van der Waals surface area contributed by atoms with Crippen LogP contribution < -0.4 is 24.5 Å². The molecule has 2 N–H and O–H groups in total. The van der Waals surface area contributed by atoms with Gasteiger partial charge in [0.25, 0.3) is 21.8 Å². The van der Waals surface area contributed by atoms with E-state index in [-0.39, 0.29) is 17.4 Å². The van der Waals surface area contributed by atoms with E-state index in [1.54, 1.807) is 92.0 Å². The van der Waals surface area contributed by atoms with Crippen LogP contribution in [-0.4, -0.2) is 46.7 Å². The van der Waals surface area contributed by atoms with E-state index in [0.29, 0.717) is 28.4 Å². The van der Waals surface area contributed by atoms with Crippen LogP contribution in [0.5, 0.6) is 11.5 Å². The topological polar surface area (TPSA) is 126 Å². The predicted molar refractivity (Wildman–Crippen MR) is 161 cm³/mol. The van der Waals surface area contributed by atoms with E-state index in [9.17, 15) is 18.0 Å². The number of ether oxygens (including phenoxy) is 2. The maximum atomic E-state index is 13.4. The van der Waals surface area contributed by atoms with Gasteiger partial charge >= 0.3 is 0 Å². The summed E-state index contributed by atoms with van der Waals surface area (Å²) in [5, 5.41) is 6.70. The average molecular weight is 587 g/mol. The Hall–Kier alpha value is -5.16. The van der Waals surface area contributed by atoms with Crippen LogP contribution in [0.15, 0.2) is 113 Å². The van der Waals surface area contributed by atoms with E-state index in [1.807, 2.05) is 13.0 Å². The highest BCUT2D eigenvalue weighted by Gasteiger charge is 2.27. The van der Waals surface area contributed by atoms with Crippen LogP contribution in [0, 0.1) is 6.92 Å². The molecule has 0 fully saturated rings. The fraction of sp³-hybridized carbons (Fsp3) is 0.129. The summed E-state index contributed by atoms with van der Waals surface area (Å²) in [6.45, 7) is 1.19. The molecule has 0 bridgehead atoms. The normalized spacial score (nSPS) is 11.1. The van der Waals surface area contributed by atoms with Gasteiger partial charge in [-0.1, -0.05) is 30.3 Å².